The molecule has 0 saturated carbocycles. The van der Waals surface area contributed by atoms with Crippen molar-refractivity contribution in [1.82, 2.24) is 49.0 Å². The first-order valence-electron chi connectivity index (χ1n) is 52.5. The van der Waals surface area contributed by atoms with E-state index < -0.39 is 0 Å². The number of rotatable bonds is 66. The molecule has 1 saturated heterocycles. The van der Waals surface area contributed by atoms with Crippen LogP contribution in [-0.4, -0.2) is 364 Å². The maximum atomic E-state index is 12.6. The Morgan fingerprint density at radius 1 is 0.183 bits per heavy atom. The van der Waals surface area contributed by atoms with Crippen LogP contribution in [0.3, 0.4) is 0 Å². The molecule has 0 aliphatic carbocycles. The van der Waals surface area contributed by atoms with Gasteiger partial charge in [-0.2, -0.15) is 0 Å². The Bertz CT molecular complexity index is 3310. The average molecular weight is 2050 g/mol. The highest BCUT2D eigenvalue weighted by atomic mass is 32.2. The summed E-state index contributed by atoms with van der Waals surface area (Å²) in [7, 11) is 0. The molecule has 0 aromatic rings. The van der Waals surface area contributed by atoms with E-state index in [9.17, 15) is 86.3 Å². The number of ketones is 18. The first-order valence-corrected chi connectivity index (χ1v) is 54.3. The van der Waals surface area contributed by atoms with Gasteiger partial charge in [-0.15, -0.1) is 23.5 Å². The van der Waals surface area contributed by atoms with Crippen LogP contribution in [0, 0.1) is 107 Å². The molecule has 2 unspecified atom stereocenters. The molecule has 0 N–H and O–H groups in total. The van der Waals surface area contributed by atoms with E-state index in [0.717, 1.165) is 0 Å². The van der Waals surface area contributed by atoms with Gasteiger partial charge in [0, 0.05) is 185 Å². The second-order valence-electron chi connectivity index (χ2n) is 44.7. The third-order valence-corrected chi connectivity index (χ3v) is 27.1. The van der Waals surface area contributed by atoms with Crippen LogP contribution in [0.5, 0.6) is 0 Å². The minimum Gasteiger partial charge on any atom is -0.298 e. The Morgan fingerprint density at radius 2 is 0.310 bits per heavy atom. The van der Waals surface area contributed by atoms with Crippen molar-refractivity contribution in [3.05, 3.63) is 0 Å². The number of thioether (sulfide) groups is 2. The molecule has 142 heavy (non-hydrogen) atoms. The number of hydrogen-bond acceptors (Lipinski definition) is 30. The number of Topliss-reactive ketones (excluding diaryl/α,β-unsaturated/α-hetero) is 18. The van der Waals surface area contributed by atoms with E-state index >= 15 is 0 Å². The highest BCUT2D eigenvalue weighted by Gasteiger charge is 2.38. The van der Waals surface area contributed by atoms with Gasteiger partial charge in [-0.3, -0.25) is 135 Å². The summed E-state index contributed by atoms with van der Waals surface area (Å²) >= 11 is 3.28. The SMILES string of the molecule is C.C.CC(C)C(=O)CN(CC(=O)C(C)C)CN(CC(=O)C(C)C)CC(=O)C(C)C.CC(C)C(=O)CN(CCCN(CC(=O)C(C)C)CC(=O)C(C)C)CC(=O)C(C)C.CC(C)C(=O)CN(CCN(CC(=O)C(C)C)CC(=O)C(C)C)CC(=O)C(C)C.CC(C)C(=O)CN1CCN(CC(=O)C(C)C)CCN(CC(=O)C(C)C)CCN(CC(=O)C(C)C)CC1.CC(C)SC(C(=O)C(C)C)C(SC(C)C)C(=O)C(C)C. The summed E-state index contributed by atoms with van der Waals surface area (Å²) in [6.07, 6.45) is 0.688. The van der Waals surface area contributed by atoms with Crippen LogP contribution in [-0.2, 0) is 86.3 Å². The molecule has 828 valence electrons. The minimum atomic E-state index is -0.225. The van der Waals surface area contributed by atoms with E-state index in [1.807, 2.05) is 269 Å². The fraction of sp³-hybridized carbons (Fsp3) is 0.839. The Balaban J connectivity index is -0.000000410. The lowest BCUT2D eigenvalue weighted by Gasteiger charge is -2.34. The van der Waals surface area contributed by atoms with E-state index in [4.69, 9.17) is 0 Å². The van der Waals surface area contributed by atoms with Crippen molar-refractivity contribution in [1.29, 1.82) is 0 Å². The van der Waals surface area contributed by atoms with Crippen molar-refractivity contribution >= 4 is 128 Å². The van der Waals surface area contributed by atoms with Crippen LogP contribution in [0.15, 0.2) is 0 Å². The summed E-state index contributed by atoms with van der Waals surface area (Å²) in [6.45, 7) is 87.4. The Kier molecular flexibility index (Phi) is 81.3. The predicted octanol–water partition coefficient (Wildman–Crippen LogP) is 15.7. The van der Waals surface area contributed by atoms with Crippen LogP contribution in [0.2, 0.25) is 0 Å². The molecule has 1 heterocycles. The standard InChI is InChI=1S/C28H52N4O4.C23H42N2O4.C22H40N2O4.C21H38N2O4.C16H30O2S2.2CH4/c1-21(2)25(33)17-29-9-11-30(18-26(34)22(3)4)13-15-32(20-28(36)24(7)8)16-14-31(12-10-29)19-27(35)23(5)6;1-16(2)20(26)12-24(13-21(27)17(3)4)10-9-11-25(14-22(28)18(5)6)15-23(29)19(7)8;1-15(2)19(25)11-23(12-20(26)16(3)4)9-10-24(13-21(27)17(5)6)14-22(28)18(7)8;1-14(2)18(24)9-22(10-19(25)15(3)4)13-23(11-20(26)16(5)6)12-21(27)17(7)8;1-9(2)13(17)15(19-11(5)6)16(20-12(7)8)14(18)10(3)4;;/h21-24H,9-20H2,1-8H3;16-19H,9-15H2,1-8H3;15-18H,9-14H2,1-8H3;14-17H,9-13H2,1-8H3;9-12,15-16H,1-8H3;2*1H4. The van der Waals surface area contributed by atoms with Crippen molar-refractivity contribution in [2.24, 2.45) is 107 Å². The zero-order valence-corrected chi connectivity index (χ0v) is 97.2. The topological polar surface area (TPSA) is 340 Å². The number of nitrogens with zero attached hydrogens (tertiary/aromatic N) is 10. The maximum Gasteiger partial charge on any atom is 0.149 e. The lowest BCUT2D eigenvalue weighted by atomic mass is 9.97. The van der Waals surface area contributed by atoms with Crippen molar-refractivity contribution < 1.29 is 86.3 Å². The first-order chi connectivity index (χ1) is 64.4. The molecule has 2 atom stereocenters. The molecule has 1 fully saturated rings. The number of carbonyl (C=O) groups excluding carboxylic acids is 18. The van der Waals surface area contributed by atoms with E-state index in [-0.39, 0.29) is 321 Å². The van der Waals surface area contributed by atoms with Crippen molar-refractivity contribution in [2.45, 2.75) is 319 Å². The molecule has 0 amide bonds. The number of hydrogen-bond donors (Lipinski definition) is 0. The molecule has 0 aromatic heterocycles. The van der Waals surface area contributed by atoms with Gasteiger partial charge in [0.2, 0.25) is 0 Å². The molecule has 30 heteroatoms. The van der Waals surface area contributed by atoms with Gasteiger partial charge in [-0.1, -0.05) is 292 Å². The average Bonchev–Trinajstić information content (AvgIpc) is 0.832. The molecule has 0 radical (unpaired) electrons. The largest absolute Gasteiger partial charge is 0.298 e. The molecule has 0 aromatic carbocycles. The van der Waals surface area contributed by atoms with Crippen molar-refractivity contribution in [3.8, 4) is 0 Å². The maximum absolute atomic E-state index is 12.6. The molecular weight excluding hydrogens is 1840 g/mol. The summed E-state index contributed by atoms with van der Waals surface area (Å²) in [4.78, 5) is 242. The summed E-state index contributed by atoms with van der Waals surface area (Å²) < 4.78 is 0. The first kappa shape index (κ1) is 147. The Labute approximate surface area is 873 Å². The van der Waals surface area contributed by atoms with Crippen LogP contribution < -0.4 is 0 Å². The molecule has 0 bridgehead atoms. The minimum absolute atomic E-state index is 0. The summed E-state index contributed by atoms with van der Waals surface area (Å²) in [5.74, 6) is 0.758. The van der Waals surface area contributed by atoms with Gasteiger partial charge < -0.3 is 0 Å². The molecule has 1 aliphatic heterocycles. The van der Waals surface area contributed by atoms with E-state index in [1.165, 1.54) is 0 Å². The molecule has 1 rings (SSSR count). The second kappa shape index (κ2) is 78.6. The Hall–Kier alpha value is -5.64. The van der Waals surface area contributed by atoms with Crippen LogP contribution in [0.25, 0.3) is 0 Å². The van der Waals surface area contributed by atoms with Gasteiger partial charge in [0.1, 0.15) is 104 Å². The van der Waals surface area contributed by atoms with Gasteiger partial charge in [-0.05, 0) is 16.9 Å². The normalized spacial score (nSPS) is 14.0. The third-order valence-electron chi connectivity index (χ3n) is 24.2. The zero-order valence-electron chi connectivity index (χ0n) is 95.6. The van der Waals surface area contributed by atoms with Gasteiger partial charge in [0.05, 0.1) is 122 Å². The third kappa shape index (κ3) is 69.5. The van der Waals surface area contributed by atoms with Crippen LogP contribution in [0.4, 0.5) is 0 Å². The van der Waals surface area contributed by atoms with Gasteiger partial charge in [0.25, 0.3) is 0 Å². The van der Waals surface area contributed by atoms with Crippen molar-refractivity contribution in [3.63, 3.8) is 0 Å². The summed E-state index contributed by atoms with van der Waals surface area (Å²) in [5.41, 5.74) is 0. The molecular formula is C112H210N10O18S2. The predicted molar refractivity (Wildman–Crippen MR) is 588 cm³/mol. The molecule has 0 spiro atoms. The van der Waals surface area contributed by atoms with Gasteiger partial charge >= 0.3 is 0 Å². The Morgan fingerprint density at radius 3 is 0.430 bits per heavy atom. The van der Waals surface area contributed by atoms with E-state index in [2.05, 4.69) is 47.3 Å². The van der Waals surface area contributed by atoms with E-state index in [0.29, 0.717) is 122 Å². The monoisotopic (exact) mass is 2050 g/mol. The van der Waals surface area contributed by atoms with Crippen molar-refractivity contribution in [2.75, 3.05) is 190 Å². The summed E-state index contributed by atoms with van der Waals surface area (Å²) in [6, 6.07) is 0. The van der Waals surface area contributed by atoms with Gasteiger partial charge in [0.15, 0.2) is 0 Å². The smallest absolute Gasteiger partial charge is 0.149 e. The van der Waals surface area contributed by atoms with E-state index in [1.54, 1.807) is 33.3 Å². The zero-order chi connectivity index (χ0) is 109. The second-order valence-corrected chi connectivity index (χ2v) is 48.1. The lowest BCUT2D eigenvalue weighted by Crippen LogP contribution is -2.49. The fourth-order valence-corrected chi connectivity index (χ4v) is 15.7. The summed E-state index contributed by atoms with van der Waals surface area (Å²) in [5, 5.41) is 0.241. The van der Waals surface area contributed by atoms with Gasteiger partial charge in [-0.25, -0.2) is 0 Å². The van der Waals surface area contributed by atoms with Crippen LogP contribution >= 0.6 is 23.5 Å². The van der Waals surface area contributed by atoms with Crippen LogP contribution in [0.1, 0.15) is 298 Å². The molecule has 1 aliphatic rings. The highest BCUT2D eigenvalue weighted by molar-refractivity contribution is 8.05. The number of carbonyl (C=O) groups is 18. The molecule has 28 nitrogen and oxygen atoms in total. The fourth-order valence-electron chi connectivity index (χ4n) is 12.7. The highest BCUT2D eigenvalue weighted by Crippen LogP contribution is 2.35. The quantitative estimate of drug-likeness (QED) is 0.0510. The lowest BCUT2D eigenvalue weighted by molar-refractivity contribution is -0.130.